The molecule has 0 spiro atoms. The molecule has 21 heavy (non-hydrogen) atoms. The Morgan fingerprint density at radius 2 is 1.95 bits per heavy atom. The average Bonchev–Trinajstić information content (AvgIpc) is 2.90. The van der Waals surface area contributed by atoms with Crippen molar-refractivity contribution in [2.24, 2.45) is 7.05 Å². The molecule has 3 aromatic rings. The smallest absolute Gasteiger partial charge is 0.131 e. The van der Waals surface area contributed by atoms with Crippen molar-refractivity contribution in [1.29, 1.82) is 0 Å². The van der Waals surface area contributed by atoms with Crippen LogP contribution in [-0.2, 0) is 7.05 Å². The van der Waals surface area contributed by atoms with E-state index in [1.807, 2.05) is 13.2 Å². The quantitative estimate of drug-likeness (QED) is 0.735. The number of ether oxygens (including phenoxy) is 1. The molecule has 0 saturated carbocycles. The molecule has 0 atom stereocenters. The first-order valence-corrected chi connectivity index (χ1v) is 6.51. The monoisotopic (exact) mass is 283 g/mol. The molecule has 0 N–H and O–H groups in total. The Morgan fingerprint density at radius 1 is 1.14 bits per heavy atom. The van der Waals surface area contributed by atoms with Gasteiger partial charge in [0.25, 0.3) is 0 Å². The number of aryl methyl sites for hydroxylation is 2. The van der Waals surface area contributed by atoms with Gasteiger partial charge in [-0.1, -0.05) is 6.07 Å². The van der Waals surface area contributed by atoms with E-state index in [-0.39, 0.29) is 5.82 Å². The fourth-order valence-electron chi connectivity index (χ4n) is 1.96. The summed E-state index contributed by atoms with van der Waals surface area (Å²) < 4.78 is 20.9. The average molecular weight is 283 g/mol. The lowest BCUT2D eigenvalue weighted by molar-refractivity contribution is 0.475. The summed E-state index contributed by atoms with van der Waals surface area (Å²) in [5.74, 6) is 0.780. The minimum Gasteiger partial charge on any atom is -0.457 e. The molecule has 0 fully saturated rings. The number of nitrogens with zero attached hydrogens (tertiary/aromatic N) is 3. The lowest BCUT2D eigenvalue weighted by Gasteiger charge is -2.07. The van der Waals surface area contributed by atoms with Crippen molar-refractivity contribution in [3.8, 4) is 22.8 Å². The highest BCUT2D eigenvalue weighted by Gasteiger charge is 2.06. The SMILES string of the molecule is Cc1ccc(Oc2ccnc(-c3cnn(C)c3)c2)cc1F. The highest BCUT2D eigenvalue weighted by Crippen LogP contribution is 2.26. The van der Waals surface area contributed by atoms with Crippen molar-refractivity contribution in [1.82, 2.24) is 14.8 Å². The molecule has 0 aliphatic carbocycles. The van der Waals surface area contributed by atoms with Gasteiger partial charge in [0.05, 0.1) is 11.9 Å². The van der Waals surface area contributed by atoms with E-state index in [9.17, 15) is 4.39 Å². The van der Waals surface area contributed by atoms with Gasteiger partial charge >= 0.3 is 0 Å². The molecule has 0 amide bonds. The van der Waals surface area contributed by atoms with E-state index in [0.29, 0.717) is 17.1 Å². The third-order valence-corrected chi connectivity index (χ3v) is 3.11. The Morgan fingerprint density at radius 3 is 2.67 bits per heavy atom. The Hall–Kier alpha value is -2.69. The van der Waals surface area contributed by atoms with E-state index in [1.54, 1.807) is 48.3 Å². The fourth-order valence-corrected chi connectivity index (χ4v) is 1.96. The predicted molar refractivity (Wildman–Crippen MR) is 77.7 cm³/mol. The van der Waals surface area contributed by atoms with Crippen LogP contribution in [0.2, 0.25) is 0 Å². The zero-order valence-corrected chi connectivity index (χ0v) is 11.7. The summed E-state index contributed by atoms with van der Waals surface area (Å²) in [7, 11) is 1.85. The van der Waals surface area contributed by atoms with E-state index < -0.39 is 0 Å². The molecule has 0 unspecified atom stereocenters. The molecule has 3 rings (SSSR count). The Bertz CT molecular complexity index is 783. The van der Waals surface area contributed by atoms with Gasteiger partial charge in [-0.25, -0.2) is 4.39 Å². The molecular weight excluding hydrogens is 269 g/mol. The van der Waals surface area contributed by atoms with E-state index in [0.717, 1.165) is 11.3 Å². The van der Waals surface area contributed by atoms with Gasteiger partial charge in [-0.3, -0.25) is 9.67 Å². The molecular formula is C16H14FN3O. The second kappa shape index (κ2) is 5.36. The maximum Gasteiger partial charge on any atom is 0.131 e. The van der Waals surface area contributed by atoms with Gasteiger partial charge in [-0.05, 0) is 24.6 Å². The van der Waals surface area contributed by atoms with E-state index >= 15 is 0 Å². The molecule has 5 heteroatoms. The second-order valence-electron chi connectivity index (χ2n) is 4.79. The first-order chi connectivity index (χ1) is 10.1. The zero-order valence-electron chi connectivity index (χ0n) is 11.7. The highest BCUT2D eigenvalue weighted by atomic mass is 19.1. The largest absolute Gasteiger partial charge is 0.457 e. The lowest BCUT2D eigenvalue weighted by Crippen LogP contribution is -1.89. The number of hydrogen-bond donors (Lipinski definition) is 0. The van der Waals surface area contributed by atoms with Crippen molar-refractivity contribution in [2.45, 2.75) is 6.92 Å². The van der Waals surface area contributed by atoms with Crippen LogP contribution in [0, 0.1) is 12.7 Å². The van der Waals surface area contributed by atoms with Crippen LogP contribution < -0.4 is 4.74 Å². The maximum absolute atomic E-state index is 13.5. The number of pyridine rings is 1. The fraction of sp³-hybridized carbons (Fsp3) is 0.125. The van der Waals surface area contributed by atoms with Gasteiger partial charge < -0.3 is 4.74 Å². The number of hydrogen-bond acceptors (Lipinski definition) is 3. The molecule has 1 aromatic carbocycles. The van der Waals surface area contributed by atoms with Crippen LogP contribution >= 0.6 is 0 Å². The highest BCUT2D eigenvalue weighted by molar-refractivity contribution is 5.58. The van der Waals surface area contributed by atoms with Crippen LogP contribution in [0.1, 0.15) is 5.56 Å². The molecule has 0 bridgehead atoms. The normalized spacial score (nSPS) is 10.6. The van der Waals surface area contributed by atoms with Crippen LogP contribution in [0.3, 0.4) is 0 Å². The minimum absolute atomic E-state index is 0.283. The molecule has 106 valence electrons. The zero-order chi connectivity index (χ0) is 14.8. The summed E-state index contributed by atoms with van der Waals surface area (Å²) in [4.78, 5) is 4.29. The third kappa shape index (κ3) is 2.91. The van der Waals surface area contributed by atoms with Crippen LogP contribution in [0.25, 0.3) is 11.3 Å². The minimum atomic E-state index is -0.283. The first-order valence-electron chi connectivity index (χ1n) is 6.51. The van der Waals surface area contributed by atoms with Gasteiger partial charge in [0.2, 0.25) is 0 Å². The number of benzene rings is 1. The maximum atomic E-state index is 13.5. The van der Waals surface area contributed by atoms with Gasteiger partial charge in [-0.2, -0.15) is 5.10 Å². The Kier molecular flexibility index (Phi) is 3.39. The molecule has 0 radical (unpaired) electrons. The van der Waals surface area contributed by atoms with Crippen LogP contribution in [0.15, 0.2) is 48.9 Å². The number of aromatic nitrogens is 3. The summed E-state index contributed by atoms with van der Waals surface area (Å²) in [5, 5.41) is 4.11. The van der Waals surface area contributed by atoms with Crippen LogP contribution in [-0.4, -0.2) is 14.8 Å². The van der Waals surface area contributed by atoms with Crippen molar-refractivity contribution >= 4 is 0 Å². The van der Waals surface area contributed by atoms with Gasteiger partial charge in [0.15, 0.2) is 0 Å². The summed E-state index contributed by atoms with van der Waals surface area (Å²) in [5.41, 5.74) is 2.25. The van der Waals surface area contributed by atoms with Gasteiger partial charge in [0.1, 0.15) is 17.3 Å². The number of halogens is 1. The van der Waals surface area contributed by atoms with Gasteiger partial charge in [0, 0.05) is 37.1 Å². The molecule has 0 aliphatic heterocycles. The predicted octanol–water partition coefficient (Wildman–Crippen LogP) is 3.72. The standard InChI is InChI=1S/C16H14FN3O/c1-11-3-4-13(7-15(11)17)21-14-5-6-18-16(8-14)12-9-19-20(2)10-12/h3-10H,1-2H3. The van der Waals surface area contributed by atoms with E-state index in [1.165, 1.54) is 6.07 Å². The van der Waals surface area contributed by atoms with Gasteiger partial charge in [-0.15, -0.1) is 0 Å². The second-order valence-corrected chi connectivity index (χ2v) is 4.79. The first kappa shape index (κ1) is 13.3. The molecule has 2 heterocycles. The van der Waals surface area contributed by atoms with Crippen molar-refractivity contribution < 1.29 is 9.13 Å². The summed E-state index contributed by atoms with van der Waals surface area (Å²) in [6.45, 7) is 1.71. The lowest BCUT2D eigenvalue weighted by atomic mass is 10.2. The van der Waals surface area contributed by atoms with E-state index in [2.05, 4.69) is 10.1 Å². The molecule has 0 aliphatic rings. The van der Waals surface area contributed by atoms with E-state index in [4.69, 9.17) is 4.74 Å². The molecule has 2 aromatic heterocycles. The summed E-state index contributed by atoms with van der Waals surface area (Å²) in [6, 6.07) is 8.34. The van der Waals surface area contributed by atoms with Crippen molar-refractivity contribution in [3.63, 3.8) is 0 Å². The summed E-state index contributed by atoms with van der Waals surface area (Å²) >= 11 is 0. The Balaban J connectivity index is 1.87. The number of rotatable bonds is 3. The third-order valence-electron chi connectivity index (χ3n) is 3.11. The Labute approximate surface area is 121 Å². The summed E-state index contributed by atoms with van der Waals surface area (Å²) in [6.07, 6.45) is 5.26. The van der Waals surface area contributed by atoms with Crippen molar-refractivity contribution in [3.05, 3.63) is 60.3 Å². The van der Waals surface area contributed by atoms with Crippen LogP contribution in [0.5, 0.6) is 11.5 Å². The van der Waals surface area contributed by atoms with Crippen molar-refractivity contribution in [2.75, 3.05) is 0 Å². The molecule has 0 saturated heterocycles. The molecule has 4 nitrogen and oxygen atoms in total. The van der Waals surface area contributed by atoms with Crippen LogP contribution in [0.4, 0.5) is 4.39 Å². The topological polar surface area (TPSA) is 39.9 Å².